The summed E-state index contributed by atoms with van der Waals surface area (Å²) >= 11 is 3.50. The number of halogens is 1. The highest BCUT2D eigenvalue weighted by Gasteiger charge is 2.17. The van der Waals surface area contributed by atoms with Gasteiger partial charge in [-0.05, 0) is 40.2 Å². The molecule has 5 heteroatoms. The Morgan fingerprint density at radius 2 is 1.72 bits per heavy atom. The predicted molar refractivity (Wildman–Crippen MR) is 101 cm³/mol. The number of Topliss-reactive ketones (excluding diaryl/α,β-unsaturated/α-hetero) is 1. The van der Waals surface area contributed by atoms with E-state index < -0.39 is 0 Å². The summed E-state index contributed by atoms with van der Waals surface area (Å²) in [4.78, 5) is 17.3. The van der Waals surface area contributed by atoms with E-state index in [9.17, 15) is 4.79 Å². The molecule has 0 bridgehead atoms. The van der Waals surface area contributed by atoms with Crippen molar-refractivity contribution in [2.45, 2.75) is 6.42 Å². The van der Waals surface area contributed by atoms with Gasteiger partial charge in [0.1, 0.15) is 4.60 Å². The number of hydrogen-bond donors (Lipinski definition) is 0. The Hall–Kier alpha value is -2.79. The average Bonchev–Trinajstić information content (AvgIpc) is 3.04. The molecule has 0 atom stereocenters. The molecule has 4 aromatic rings. The lowest BCUT2D eigenvalue weighted by Crippen LogP contribution is -2.06. The lowest BCUT2D eigenvalue weighted by molar-refractivity contribution is 0.0991. The van der Waals surface area contributed by atoms with E-state index in [0.29, 0.717) is 10.2 Å². The van der Waals surface area contributed by atoms with Crippen LogP contribution >= 0.6 is 15.9 Å². The molecule has 0 N–H and O–H groups in total. The number of carbonyl (C=O) groups excluding carboxylic acids is 1. The van der Waals surface area contributed by atoms with Crippen LogP contribution in [-0.2, 0) is 6.42 Å². The number of para-hydroxylation sites is 2. The van der Waals surface area contributed by atoms with Gasteiger partial charge < -0.3 is 0 Å². The van der Waals surface area contributed by atoms with Crippen LogP contribution in [0, 0.1) is 0 Å². The third-order valence-corrected chi connectivity index (χ3v) is 4.77. The highest BCUT2D eigenvalue weighted by Crippen LogP contribution is 2.22. The van der Waals surface area contributed by atoms with E-state index in [1.165, 1.54) is 0 Å². The zero-order valence-corrected chi connectivity index (χ0v) is 14.8. The van der Waals surface area contributed by atoms with Crippen LogP contribution in [0.2, 0.25) is 0 Å². The summed E-state index contributed by atoms with van der Waals surface area (Å²) in [5, 5.41) is 5.39. The summed E-state index contributed by atoms with van der Waals surface area (Å²) in [5.41, 5.74) is 3.10. The van der Waals surface area contributed by atoms with Crippen molar-refractivity contribution >= 4 is 32.6 Å². The quantitative estimate of drug-likeness (QED) is 0.477. The van der Waals surface area contributed by atoms with Crippen molar-refractivity contribution in [3.05, 3.63) is 88.8 Å². The van der Waals surface area contributed by atoms with Crippen molar-refractivity contribution in [2.75, 3.05) is 0 Å². The molecule has 0 amide bonds. The summed E-state index contributed by atoms with van der Waals surface area (Å²) in [5.74, 6) is -0.0168. The first-order valence-corrected chi connectivity index (χ1v) is 8.68. The first-order valence-electron chi connectivity index (χ1n) is 7.89. The first kappa shape index (κ1) is 15.7. The van der Waals surface area contributed by atoms with E-state index in [-0.39, 0.29) is 12.2 Å². The van der Waals surface area contributed by atoms with Crippen LogP contribution in [0.4, 0.5) is 0 Å². The molecular formula is C20H14BrN3O. The van der Waals surface area contributed by atoms with Crippen molar-refractivity contribution in [1.82, 2.24) is 14.8 Å². The van der Waals surface area contributed by atoms with Crippen molar-refractivity contribution in [2.24, 2.45) is 0 Å². The maximum atomic E-state index is 12.7. The molecule has 0 saturated heterocycles. The zero-order valence-electron chi connectivity index (χ0n) is 13.3. The molecule has 0 fully saturated rings. The van der Waals surface area contributed by atoms with Crippen molar-refractivity contribution in [3.63, 3.8) is 0 Å². The second-order valence-corrected chi connectivity index (χ2v) is 6.44. The van der Waals surface area contributed by atoms with Crippen LogP contribution in [0.1, 0.15) is 16.1 Å². The summed E-state index contributed by atoms with van der Waals surface area (Å²) in [7, 11) is 0. The molecule has 0 aliphatic heterocycles. The fourth-order valence-corrected chi connectivity index (χ4v) is 3.36. The van der Waals surface area contributed by atoms with Gasteiger partial charge in [0.15, 0.2) is 5.78 Å². The number of ketones is 1. The Balaban J connectivity index is 1.61. The molecule has 2 aromatic heterocycles. The fraction of sp³-hybridized carbons (Fsp3) is 0.0500. The number of rotatable bonds is 4. The van der Waals surface area contributed by atoms with Crippen LogP contribution in [0.3, 0.4) is 0 Å². The molecular weight excluding hydrogens is 378 g/mol. The van der Waals surface area contributed by atoms with Gasteiger partial charge in [0.25, 0.3) is 0 Å². The number of benzene rings is 2. The van der Waals surface area contributed by atoms with Crippen LogP contribution in [-0.4, -0.2) is 20.5 Å². The number of pyridine rings is 1. The Morgan fingerprint density at radius 1 is 0.960 bits per heavy atom. The van der Waals surface area contributed by atoms with Crippen molar-refractivity contribution in [1.29, 1.82) is 0 Å². The predicted octanol–water partition coefficient (Wildman–Crippen LogP) is 4.61. The van der Waals surface area contributed by atoms with Crippen molar-refractivity contribution in [3.8, 4) is 5.69 Å². The average molecular weight is 392 g/mol. The standard InChI is InChI=1S/C20H14BrN3O/c21-20-17(13-22-24(20)16-7-2-1-3-8-16)19(25)12-15-11-10-14-6-4-5-9-18(14)23-15/h1-11,13H,12H2. The van der Waals surface area contributed by atoms with Gasteiger partial charge >= 0.3 is 0 Å². The third kappa shape index (κ3) is 3.10. The molecule has 2 heterocycles. The number of nitrogens with zero attached hydrogens (tertiary/aromatic N) is 3. The number of carbonyl (C=O) groups is 1. The monoisotopic (exact) mass is 391 g/mol. The lowest BCUT2D eigenvalue weighted by Gasteiger charge is -2.04. The first-order chi connectivity index (χ1) is 12.2. The third-order valence-electron chi connectivity index (χ3n) is 4.01. The lowest BCUT2D eigenvalue weighted by atomic mass is 10.1. The van der Waals surface area contributed by atoms with Crippen LogP contribution in [0.5, 0.6) is 0 Å². The minimum atomic E-state index is -0.0168. The highest BCUT2D eigenvalue weighted by atomic mass is 79.9. The van der Waals surface area contributed by atoms with Gasteiger partial charge in [-0.25, -0.2) is 4.68 Å². The minimum absolute atomic E-state index is 0.0168. The van der Waals surface area contributed by atoms with Gasteiger partial charge in [0, 0.05) is 11.1 Å². The maximum Gasteiger partial charge on any atom is 0.173 e. The van der Waals surface area contributed by atoms with E-state index in [4.69, 9.17) is 0 Å². The van der Waals surface area contributed by atoms with E-state index in [1.807, 2.05) is 66.7 Å². The van der Waals surface area contributed by atoms with Crippen LogP contribution in [0.15, 0.2) is 77.5 Å². The summed E-state index contributed by atoms with van der Waals surface area (Å²) in [6.45, 7) is 0. The maximum absolute atomic E-state index is 12.7. The van der Waals surface area contributed by atoms with Crippen LogP contribution in [0.25, 0.3) is 16.6 Å². The summed E-state index contributed by atoms with van der Waals surface area (Å²) in [6, 6.07) is 21.5. The molecule has 4 nitrogen and oxygen atoms in total. The molecule has 0 spiro atoms. The van der Waals surface area contributed by atoms with Gasteiger partial charge in [-0.15, -0.1) is 0 Å². The second-order valence-electron chi connectivity index (χ2n) is 5.69. The Bertz CT molecular complexity index is 1060. The Labute approximate surface area is 153 Å². The highest BCUT2D eigenvalue weighted by molar-refractivity contribution is 9.10. The molecule has 4 rings (SSSR count). The summed E-state index contributed by atoms with van der Waals surface area (Å²) < 4.78 is 2.37. The normalized spacial score (nSPS) is 10.9. The Morgan fingerprint density at radius 3 is 2.56 bits per heavy atom. The van der Waals surface area contributed by atoms with E-state index >= 15 is 0 Å². The van der Waals surface area contributed by atoms with E-state index in [2.05, 4.69) is 26.0 Å². The molecule has 0 saturated carbocycles. The zero-order chi connectivity index (χ0) is 17.2. The largest absolute Gasteiger partial charge is 0.294 e. The van der Waals surface area contributed by atoms with E-state index in [1.54, 1.807) is 10.9 Å². The Kier molecular flexibility index (Phi) is 4.15. The fourth-order valence-electron chi connectivity index (χ4n) is 2.74. The molecule has 122 valence electrons. The van der Waals surface area contributed by atoms with Crippen molar-refractivity contribution < 1.29 is 4.79 Å². The molecule has 0 unspecified atom stereocenters. The van der Waals surface area contributed by atoms with Crippen LogP contribution < -0.4 is 0 Å². The van der Waals surface area contributed by atoms with Gasteiger partial charge in [-0.2, -0.15) is 5.10 Å². The second kappa shape index (κ2) is 6.61. The topological polar surface area (TPSA) is 47.8 Å². The molecule has 0 aliphatic carbocycles. The smallest absolute Gasteiger partial charge is 0.173 e. The van der Waals surface area contributed by atoms with Gasteiger partial charge in [-0.3, -0.25) is 9.78 Å². The van der Waals surface area contributed by atoms with Gasteiger partial charge in [0.2, 0.25) is 0 Å². The number of fused-ring (bicyclic) bond motifs is 1. The minimum Gasteiger partial charge on any atom is -0.294 e. The SMILES string of the molecule is O=C(Cc1ccc2ccccc2n1)c1cnn(-c2ccccc2)c1Br. The molecule has 0 radical (unpaired) electrons. The molecule has 2 aromatic carbocycles. The van der Waals surface area contributed by atoms with Gasteiger partial charge in [0.05, 0.1) is 29.4 Å². The van der Waals surface area contributed by atoms with Gasteiger partial charge in [-0.1, -0.05) is 42.5 Å². The number of hydrogen-bond acceptors (Lipinski definition) is 3. The molecule has 25 heavy (non-hydrogen) atoms. The molecule has 0 aliphatic rings. The number of aromatic nitrogens is 3. The van der Waals surface area contributed by atoms with E-state index in [0.717, 1.165) is 22.3 Å². The summed E-state index contributed by atoms with van der Waals surface area (Å²) in [6.07, 6.45) is 1.84.